The molecule has 1 heterocycles. The largest absolute Gasteiger partial charge is 0.497 e. The van der Waals surface area contributed by atoms with Crippen LogP contribution in [-0.2, 0) is 6.54 Å². The summed E-state index contributed by atoms with van der Waals surface area (Å²) in [4.78, 5) is 11.6. The average molecular weight is 258 g/mol. The molecule has 0 amide bonds. The van der Waals surface area contributed by atoms with Crippen molar-refractivity contribution in [3.8, 4) is 5.75 Å². The maximum atomic E-state index is 11.6. The zero-order valence-electron chi connectivity index (χ0n) is 10.5. The topological polar surface area (TPSA) is 63.8 Å². The van der Waals surface area contributed by atoms with E-state index in [9.17, 15) is 4.79 Å². The average Bonchev–Trinajstić information content (AvgIpc) is 2.46. The SMILES string of the molecule is COc1cccc(C(Cn2ccccc2=O)=NO)c1. The summed E-state index contributed by atoms with van der Waals surface area (Å²) in [5.74, 6) is 0.666. The summed E-state index contributed by atoms with van der Waals surface area (Å²) >= 11 is 0. The lowest BCUT2D eigenvalue weighted by molar-refractivity contribution is 0.317. The summed E-state index contributed by atoms with van der Waals surface area (Å²) in [6.07, 6.45) is 1.65. The Morgan fingerprint density at radius 2 is 2.16 bits per heavy atom. The molecule has 98 valence electrons. The number of hydrogen-bond donors (Lipinski definition) is 1. The number of nitrogens with zero attached hydrogens (tertiary/aromatic N) is 2. The van der Waals surface area contributed by atoms with Gasteiger partial charge in [0.25, 0.3) is 5.56 Å². The van der Waals surface area contributed by atoms with Gasteiger partial charge in [-0.25, -0.2) is 0 Å². The van der Waals surface area contributed by atoms with Gasteiger partial charge in [0.1, 0.15) is 11.5 Å². The van der Waals surface area contributed by atoms with Gasteiger partial charge in [0.2, 0.25) is 0 Å². The first kappa shape index (κ1) is 12.9. The highest BCUT2D eigenvalue weighted by molar-refractivity contribution is 6.00. The monoisotopic (exact) mass is 258 g/mol. The first-order chi connectivity index (χ1) is 9.24. The van der Waals surface area contributed by atoms with Crippen LogP contribution in [0.2, 0.25) is 0 Å². The van der Waals surface area contributed by atoms with E-state index >= 15 is 0 Å². The lowest BCUT2D eigenvalue weighted by Gasteiger charge is -2.08. The van der Waals surface area contributed by atoms with E-state index in [0.29, 0.717) is 17.0 Å². The molecule has 2 aromatic rings. The minimum atomic E-state index is -0.147. The lowest BCUT2D eigenvalue weighted by atomic mass is 10.1. The molecule has 0 bridgehead atoms. The molecule has 0 atom stereocenters. The Kier molecular flexibility index (Phi) is 3.97. The predicted octanol–water partition coefficient (Wildman–Crippen LogP) is 1.74. The van der Waals surface area contributed by atoms with Gasteiger partial charge < -0.3 is 14.5 Å². The quantitative estimate of drug-likeness (QED) is 0.516. The first-order valence-electron chi connectivity index (χ1n) is 5.75. The minimum absolute atomic E-state index is 0.147. The van der Waals surface area contributed by atoms with Crippen LogP contribution in [-0.4, -0.2) is 22.6 Å². The van der Waals surface area contributed by atoms with Crippen molar-refractivity contribution in [2.75, 3.05) is 7.11 Å². The molecule has 1 aromatic carbocycles. The van der Waals surface area contributed by atoms with Crippen LogP contribution in [0.3, 0.4) is 0 Å². The minimum Gasteiger partial charge on any atom is -0.497 e. The van der Waals surface area contributed by atoms with Crippen molar-refractivity contribution in [3.63, 3.8) is 0 Å². The fourth-order valence-corrected chi connectivity index (χ4v) is 1.74. The Hall–Kier alpha value is -2.56. The van der Waals surface area contributed by atoms with Gasteiger partial charge in [-0.2, -0.15) is 0 Å². The van der Waals surface area contributed by atoms with Crippen LogP contribution < -0.4 is 10.3 Å². The summed E-state index contributed by atoms with van der Waals surface area (Å²) in [6, 6.07) is 12.0. The number of methoxy groups -OCH3 is 1. The summed E-state index contributed by atoms with van der Waals surface area (Å²) in [5, 5.41) is 12.4. The molecule has 2 rings (SSSR count). The fraction of sp³-hybridized carbons (Fsp3) is 0.143. The van der Waals surface area contributed by atoms with E-state index in [0.717, 1.165) is 0 Å². The maximum Gasteiger partial charge on any atom is 0.250 e. The third-order valence-electron chi connectivity index (χ3n) is 2.74. The highest BCUT2D eigenvalue weighted by Crippen LogP contribution is 2.13. The van der Waals surface area contributed by atoms with E-state index in [1.54, 1.807) is 49.7 Å². The normalized spacial score (nSPS) is 11.3. The summed E-state index contributed by atoms with van der Waals surface area (Å²) in [7, 11) is 1.57. The molecule has 5 nitrogen and oxygen atoms in total. The van der Waals surface area contributed by atoms with E-state index < -0.39 is 0 Å². The van der Waals surface area contributed by atoms with Crippen molar-refractivity contribution in [3.05, 3.63) is 64.6 Å². The van der Waals surface area contributed by atoms with Crippen molar-refractivity contribution in [2.45, 2.75) is 6.54 Å². The molecular weight excluding hydrogens is 244 g/mol. The third-order valence-corrected chi connectivity index (χ3v) is 2.74. The number of rotatable bonds is 4. The van der Waals surface area contributed by atoms with Gasteiger partial charge in [-0.3, -0.25) is 4.79 Å². The molecule has 1 aromatic heterocycles. The van der Waals surface area contributed by atoms with Crippen LogP contribution in [0.1, 0.15) is 5.56 Å². The van der Waals surface area contributed by atoms with Crippen molar-refractivity contribution in [2.24, 2.45) is 5.16 Å². The second-order valence-electron chi connectivity index (χ2n) is 3.95. The highest BCUT2D eigenvalue weighted by Gasteiger charge is 2.07. The molecule has 0 aliphatic rings. The molecule has 1 N–H and O–H groups in total. The number of ether oxygens (including phenoxy) is 1. The standard InChI is InChI=1S/C14H14N2O3/c1-19-12-6-4-5-11(9-12)13(15-18)10-16-8-3-2-7-14(16)17/h2-9,18H,10H2,1H3. The van der Waals surface area contributed by atoms with Crippen LogP contribution in [0.4, 0.5) is 0 Å². The van der Waals surface area contributed by atoms with E-state index in [1.165, 1.54) is 10.6 Å². The Morgan fingerprint density at radius 3 is 2.84 bits per heavy atom. The van der Waals surface area contributed by atoms with Crippen LogP contribution in [0.15, 0.2) is 58.6 Å². The van der Waals surface area contributed by atoms with Crippen LogP contribution >= 0.6 is 0 Å². The number of aromatic nitrogens is 1. The zero-order valence-corrected chi connectivity index (χ0v) is 10.5. The van der Waals surface area contributed by atoms with E-state index in [4.69, 9.17) is 9.94 Å². The second kappa shape index (κ2) is 5.86. The van der Waals surface area contributed by atoms with Gasteiger partial charge in [-0.05, 0) is 18.2 Å². The molecular formula is C14H14N2O3. The van der Waals surface area contributed by atoms with E-state index in [-0.39, 0.29) is 12.1 Å². The number of benzene rings is 1. The maximum absolute atomic E-state index is 11.6. The Morgan fingerprint density at radius 1 is 1.32 bits per heavy atom. The van der Waals surface area contributed by atoms with Crippen molar-refractivity contribution >= 4 is 5.71 Å². The molecule has 0 aliphatic carbocycles. The molecule has 0 aliphatic heterocycles. The molecule has 0 spiro atoms. The van der Waals surface area contributed by atoms with Crippen molar-refractivity contribution < 1.29 is 9.94 Å². The Labute approximate surface area is 110 Å². The lowest BCUT2D eigenvalue weighted by Crippen LogP contribution is -2.23. The number of hydrogen-bond acceptors (Lipinski definition) is 4. The smallest absolute Gasteiger partial charge is 0.250 e. The van der Waals surface area contributed by atoms with Crippen LogP contribution in [0.25, 0.3) is 0 Å². The summed E-state index contributed by atoms with van der Waals surface area (Å²) < 4.78 is 6.59. The molecule has 0 saturated carbocycles. The van der Waals surface area contributed by atoms with Gasteiger partial charge in [-0.1, -0.05) is 23.4 Å². The first-order valence-corrected chi connectivity index (χ1v) is 5.75. The van der Waals surface area contributed by atoms with Gasteiger partial charge in [-0.15, -0.1) is 0 Å². The third kappa shape index (κ3) is 3.01. The fourth-order valence-electron chi connectivity index (χ4n) is 1.74. The van der Waals surface area contributed by atoms with Gasteiger partial charge >= 0.3 is 0 Å². The predicted molar refractivity (Wildman–Crippen MR) is 72.0 cm³/mol. The number of pyridine rings is 1. The van der Waals surface area contributed by atoms with Crippen molar-refractivity contribution in [1.82, 2.24) is 4.57 Å². The van der Waals surface area contributed by atoms with Crippen molar-refractivity contribution in [1.29, 1.82) is 0 Å². The van der Waals surface area contributed by atoms with E-state index in [1.807, 2.05) is 0 Å². The van der Waals surface area contributed by atoms with Crippen LogP contribution in [0, 0.1) is 0 Å². The molecule has 19 heavy (non-hydrogen) atoms. The molecule has 0 radical (unpaired) electrons. The van der Waals surface area contributed by atoms with E-state index in [2.05, 4.69) is 5.16 Å². The molecule has 0 saturated heterocycles. The molecule has 0 unspecified atom stereocenters. The molecule has 0 fully saturated rings. The number of oxime groups is 1. The Balaban J connectivity index is 2.31. The Bertz CT molecular complexity index is 647. The summed E-state index contributed by atoms with van der Waals surface area (Å²) in [6.45, 7) is 0.198. The zero-order chi connectivity index (χ0) is 13.7. The van der Waals surface area contributed by atoms with Crippen LogP contribution in [0.5, 0.6) is 5.75 Å². The van der Waals surface area contributed by atoms with Gasteiger partial charge in [0, 0.05) is 17.8 Å². The highest BCUT2D eigenvalue weighted by atomic mass is 16.5. The summed E-state index contributed by atoms with van der Waals surface area (Å²) in [5.41, 5.74) is 0.955. The van der Waals surface area contributed by atoms with Gasteiger partial charge in [0.05, 0.1) is 13.7 Å². The van der Waals surface area contributed by atoms with Gasteiger partial charge in [0.15, 0.2) is 0 Å². The molecule has 5 heteroatoms. The second-order valence-corrected chi connectivity index (χ2v) is 3.95.